The fourth-order valence-corrected chi connectivity index (χ4v) is 1.12. The van der Waals surface area contributed by atoms with Crippen LogP contribution in [0.4, 0.5) is 11.4 Å². The molecule has 0 aromatic heterocycles. The molecule has 0 aliphatic heterocycles. The first-order chi connectivity index (χ1) is 5.52. The van der Waals surface area contributed by atoms with Crippen LogP contribution in [0.2, 0.25) is 0 Å². The molecular formula is C9H12N2O. The number of ketones is 1. The highest BCUT2D eigenvalue weighted by Gasteiger charge is 2.07. The predicted molar refractivity (Wildman–Crippen MR) is 50.0 cm³/mol. The molecule has 0 saturated carbocycles. The third-order valence-corrected chi connectivity index (χ3v) is 1.74. The number of rotatable bonds is 1. The smallest absolute Gasteiger partial charge is 0.161 e. The van der Waals surface area contributed by atoms with E-state index >= 15 is 0 Å². The molecule has 0 spiro atoms. The van der Waals surface area contributed by atoms with Gasteiger partial charge in [-0.3, -0.25) is 4.79 Å². The van der Waals surface area contributed by atoms with Crippen LogP contribution < -0.4 is 11.5 Å². The standard InChI is InChI=1S/C9H12N2O/c1-5-3-7(6(2)12)9(11)8(10)4-5/h3-4H,10-11H2,1-2H3. The van der Waals surface area contributed by atoms with Gasteiger partial charge in [-0.2, -0.15) is 0 Å². The third-order valence-electron chi connectivity index (χ3n) is 1.74. The van der Waals surface area contributed by atoms with Crippen molar-refractivity contribution in [3.8, 4) is 0 Å². The van der Waals surface area contributed by atoms with Crippen LogP contribution in [-0.2, 0) is 0 Å². The van der Waals surface area contributed by atoms with Gasteiger partial charge >= 0.3 is 0 Å². The highest BCUT2D eigenvalue weighted by molar-refractivity contribution is 6.01. The number of hydrogen-bond acceptors (Lipinski definition) is 3. The summed E-state index contributed by atoms with van der Waals surface area (Å²) in [6, 6.07) is 3.50. The number of anilines is 2. The number of hydrogen-bond donors (Lipinski definition) is 2. The van der Waals surface area contributed by atoms with E-state index in [1.54, 1.807) is 12.1 Å². The number of nitrogens with two attached hydrogens (primary N) is 2. The first-order valence-electron chi connectivity index (χ1n) is 3.69. The van der Waals surface area contributed by atoms with Gasteiger partial charge < -0.3 is 11.5 Å². The van der Waals surface area contributed by atoms with Crippen molar-refractivity contribution in [2.75, 3.05) is 11.5 Å². The molecule has 1 aromatic carbocycles. The zero-order valence-electron chi connectivity index (χ0n) is 7.22. The molecule has 3 heteroatoms. The summed E-state index contributed by atoms with van der Waals surface area (Å²) in [5, 5.41) is 0. The fourth-order valence-electron chi connectivity index (χ4n) is 1.12. The number of carbonyl (C=O) groups is 1. The average Bonchev–Trinajstić information content (AvgIpc) is 1.96. The topological polar surface area (TPSA) is 69.1 Å². The van der Waals surface area contributed by atoms with Gasteiger partial charge in [-0.25, -0.2) is 0 Å². The van der Waals surface area contributed by atoms with Crippen molar-refractivity contribution >= 4 is 17.2 Å². The first-order valence-corrected chi connectivity index (χ1v) is 3.69. The zero-order valence-corrected chi connectivity index (χ0v) is 7.22. The lowest BCUT2D eigenvalue weighted by molar-refractivity contribution is 0.101. The van der Waals surface area contributed by atoms with E-state index in [1.807, 2.05) is 6.92 Å². The van der Waals surface area contributed by atoms with E-state index in [0.717, 1.165) is 5.56 Å². The largest absolute Gasteiger partial charge is 0.397 e. The molecule has 0 aliphatic carbocycles. The molecule has 0 saturated heterocycles. The molecule has 64 valence electrons. The lowest BCUT2D eigenvalue weighted by Crippen LogP contribution is -2.04. The van der Waals surface area contributed by atoms with E-state index in [2.05, 4.69) is 0 Å². The number of Topliss-reactive ketones (excluding diaryl/α,β-unsaturated/α-hetero) is 1. The van der Waals surface area contributed by atoms with Crippen LogP contribution in [0.1, 0.15) is 22.8 Å². The SMILES string of the molecule is CC(=O)c1cc(C)cc(N)c1N. The molecule has 4 N–H and O–H groups in total. The minimum absolute atomic E-state index is 0.0529. The normalized spacial score (nSPS) is 9.83. The van der Waals surface area contributed by atoms with E-state index in [4.69, 9.17) is 11.5 Å². The average molecular weight is 164 g/mol. The van der Waals surface area contributed by atoms with Crippen molar-refractivity contribution in [3.05, 3.63) is 23.3 Å². The molecule has 12 heavy (non-hydrogen) atoms. The first kappa shape index (κ1) is 8.59. The van der Waals surface area contributed by atoms with Crippen molar-refractivity contribution in [1.29, 1.82) is 0 Å². The Kier molecular flexibility index (Phi) is 2.04. The predicted octanol–water partition coefficient (Wildman–Crippen LogP) is 1.36. The van der Waals surface area contributed by atoms with Crippen molar-refractivity contribution in [2.24, 2.45) is 0 Å². The van der Waals surface area contributed by atoms with E-state index in [9.17, 15) is 4.79 Å². The minimum Gasteiger partial charge on any atom is -0.397 e. The second kappa shape index (κ2) is 2.85. The van der Waals surface area contributed by atoms with Crippen LogP contribution in [0.15, 0.2) is 12.1 Å². The number of nitrogen functional groups attached to an aromatic ring is 2. The Morgan fingerprint density at radius 1 is 1.33 bits per heavy atom. The molecule has 3 nitrogen and oxygen atoms in total. The van der Waals surface area contributed by atoms with Gasteiger partial charge in [0, 0.05) is 5.56 Å². The van der Waals surface area contributed by atoms with Gasteiger partial charge in [0.25, 0.3) is 0 Å². The maximum atomic E-state index is 11.0. The molecule has 1 rings (SSSR count). The summed E-state index contributed by atoms with van der Waals surface area (Å²) >= 11 is 0. The van der Waals surface area contributed by atoms with E-state index in [0.29, 0.717) is 16.9 Å². The summed E-state index contributed by atoms with van der Waals surface area (Å²) in [6.45, 7) is 3.35. The van der Waals surface area contributed by atoms with Crippen molar-refractivity contribution < 1.29 is 4.79 Å². The highest BCUT2D eigenvalue weighted by Crippen LogP contribution is 2.22. The molecule has 0 aliphatic rings. The zero-order chi connectivity index (χ0) is 9.30. The molecule has 0 atom stereocenters. The van der Waals surface area contributed by atoms with Crippen LogP contribution in [0.5, 0.6) is 0 Å². The van der Waals surface area contributed by atoms with Gasteiger partial charge in [0.15, 0.2) is 5.78 Å². The van der Waals surface area contributed by atoms with Crippen molar-refractivity contribution in [1.82, 2.24) is 0 Å². The molecule has 0 amide bonds. The molecule has 0 radical (unpaired) electrons. The summed E-state index contributed by atoms with van der Waals surface area (Å²) < 4.78 is 0. The van der Waals surface area contributed by atoms with Gasteiger partial charge in [0.1, 0.15) is 0 Å². The highest BCUT2D eigenvalue weighted by atomic mass is 16.1. The maximum Gasteiger partial charge on any atom is 0.161 e. The molecular weight excluding hydrogens is 152 g/mol. The Labute approximate surface area is 71.4 Å². The molecule has 1 aromatic rings. The lowest BCUT2D eigenvalue weighted by Gasteiger charge is -2.06. The molecule has 0 heterocycles. The van der Waals surface area contributed by atoms with Crippen molar-refractivity contribution in [2.45, 2.75) is 13.8 Å². The van der Waals surface area contributed by atoms with Crippen LogP contribution >= 0.6 is 0 Å². The Hall–Kier alpha value is -1.51. The number of benzene rings is 1. The Balaban J connectivity index is 3.37. The fraction of sp³-hybridized carbons (Fsp3) is 0.222. The van der Waals surface area contributed by atoms with Gasteiger partial charge in [-0.15, -0.1) is 0 Å². The van der Waals surface area contributed by atoms with E-state index < -0.39 is 0 Å². The van der Waals surface area contributed by atoms with Crippen LogP contribution in [-0.4, -0.2) is 5.78 Å². The second-order valence-electron chi connectivity index (χ2n) is 2.87. The quantitative estimate of drug-likeness (QED) is 0.486. The van der Waals surface area contributed by atoms with Crippen molar-refractivity contribution in [3.63, 3.8) is 0 Å². The molecule has 0 fully saturated rings. The van der Waals surface area contributed by atoms with E-state index in [1.165, 1.54) is 6.92 Å². The van der Waals surface area contributed by atoms with Gasteiger partial charge in [-0.1, -0.05) is 0 Å². The Morgan fingerprint density at radius 2 is 1.92 bits per heavy atom. The number of aryl methyl sites for hydroxylation is 1. The van der Waals surface area contributed by atoms with Crippen LogP contribution in [0.3, 0.4) is 0 Å². The molecule has 0 unspecified atom stereocenters. The second-order valence-corrected chi connectivity index (χ2v) is 2.87. The Morgan fingerprint density at radius 3 is 2.42 bits per heavy atom. The summed E-state index contributed by atoms with van der Waals surface area (Å²) in [5.41, 5.74) is 13.5. The van der Waals surface area contributed by atoms with Crippen LogP contribution in [0, 0.1) is 6.92 Å². The summed E-state index contributed by atoms with van der Waals surface area (Å²) in [7, 11) is 0. The van der Waals surface area contributed by atoms with Gasteiger partial charge in [-0.05, 0) is 31.5 Å². The van der Waals surface area contributed by atoms with E-state index in [-0.39, 0.29) is 5.78 Å². The summed E-state index contributed by atoms with van der Waals surface area (Å²) in [6.07, 6.45) is 0. The Bertz CT molecular complexity index is 332. The van der Waals surface area contributed by atoms with Gasteiger partial charge in [0.2, 0.25) is 0 Å². The summed E-state index contributed by atoms with van der Waals surface area (Å²) in [4.78, 5) is 11.0. The number of carbonyl (C=O) groups excluding carboxylic acids is 1. The van der Waals surface area contributed by atoms with Crippen LogP contribution in [0.25, 0.3) is 0 Å². The molecule has 0 bridgehead atoms. The maximum absolute atomic E-state index is 11.0. The monoisotopic (exact) mass is 164 g/mol. The lowest BCUT2D eigenvalue weighted by atomic mass is 10.1. The third kappa shape index (κ3) is 1.39. The summed E-state index contributed by atoms with van der Waals surface area (Å²) in [5.74, 6) is -0.0529. The minimum atomic E-state index is -0.0529. The van der Waals surface area contributed by atoms with Gasteiger partial charge in [0.05, 0.1) is 11.4 Å².